The van der Waals surface area contributed by atoms with Crippen LogP contribution in [0.3, 0.4) is 0 Å². The molecule has 2 nitrogen and oxygen atoms in total. The van der Waals surface area contributed by atoms with Gasteiger partial charge in [-0.25, -0.2) is 0 Å². The molecule has 0 unspecified atom stereocenters. The third kappa shape index (κ3) is 1.51. The number of nitrogen functional groups attached to an aromatic ring is 1. The van der Waals surface area contributed by atoms with E-state index in [0.29, 0.717) is 11.3 Å². The van der Waals surface area contributed by atoms with Crippen LogP contribution in [0.2, 0.25) is 0 Å². The molecular formula is C6H3F3N2S. The Morgan fingerprint density at radius 1 is 1.50 bits per heavy atom. The minimum Gasteiger partial charge on any atom is -0.389 e. The fourth-order valence-corrected chi connectivity index (χ4v) is 1.38. The Morgan fingerprint density at radius 2 is 2.08 bits per heavy atom. The Hall–Kier alpha value is -1.22. The van der Waals surface area contributed by atoms with Gasteiger partial charge in [-0.2, -0.15) is 18.4 Å². The molecule has 0 saturated heterocycles. The number of halogens is 3. The lowest BCUT2D eigenvalue weighted by Gasteiger charge is -1.99. The van der Waals surface area contributed by atoms with Crippen LogP contribution in [-0.2, 0) is 6.18 Å². The average Bonchev–Trinajstić information content (AvgIpc) is 2.29. The molecule has 0 amide bonds. The fraction of sp³-hybridized carbons (Fsp3) is 0.167. The highest BCUT2D eigenvalue weighted by Crippen LogP contribution is 2.37. The zero-order chi connectivity index (χ0) is 9.35. The summed E-state index contributed by atoms with van der Waals surface area (Å²) >= 11 is 0.376. The van der Waals surface area contributed by atoms with Crippen molar-refractivity contribution in [1.82, 2.24) is 0 Å². The van der Waals surface area contributed by atoms with E-state index in [4.69, 9.17) is 11.0 Å². The standard InChI is InChI=1S/C6H3F3N2S/c7-6(8,9)4-1-3(2-10)5(11)12-4/h1H,11H2. The first-order valence-corrected chi connectivity index (χ1v) is 3.63. The van der Waals surface area contributed by atoms with Gasteiger partial charge in [-0.15, -0.1) is 11.3 Å². The number of alkyl halides is 3. The zero-order valence-corrected chi connectivity index (χ0v) is 6.46. The van der Waals surface area contributed by atoms with Crippen molar-refractivity contribution >= 4 is 16.3 Å². The monoisotopic (exact) mass is 192 g/mol. The summed E-state index contributed by atoms with van der Waals surface area (Å²) in [5, 5.41) is 8.21. The molecule has 1 aromatic heterocycles. The molecule has 2 N–H and O–H groups in total. The van der Waals surface area contributed by atoms with Gasteiger partial charge in [0.15, 0.2) is 0 Å². The van der Waals surface area contributed by atoms with Crippen molar-refractivity contribution in [3.8, 4) is 6.07 Å². The quantitative estimate of drug-likeness (QED) is 0.685. The molecule has 1 aromatic rings. The molecule has 1 heterocycles. The first kappa shape index (κ1) is 8.87. The van der Waals surface area contributed by atoms with Crippen molar-refractivity contribution in [2.45, 2.75) is 6.18 Å². The van der Waals surface area contributed by atoms with E-state index >= 15 is 0 Å². The van der Waals surface area contributed by atoms with Crippen LogP contribution in [0, 0.1) is 11.3 Å². The van der Waals surface area contributed by atoms with Crippen LogP contribution in [0.4, 0.5) is 18.2 Å². The third-order valence-electron chi connectivity index (χ3n) is 1.16. The normalized spacial score (nSPS) is 11.2. The predicted octanol–water partition coefficient (Wildman–Crippen LogP) is 2.22. The molecular weight excluding hydrogens is 189 g/mol. The Balaban J connectivity index is 3.16. The number of anilines is 1. The second kappa shape index (κ2) is 2.68. The molecule has 0 fully saturated rings. The van der Waals surface area contributed by atoms with E-state index in [1.165, 1.54) is 0 Å². The maximum atomic E-state index is 12.0. The Bertz CT molecular complexity index is 334. The van der Waals surface area contributed by atoms with Crippen LogP contribution >= 0.6 is 11.3 Å². The summed E-state index contributed by atoms with van der Waals surface area (Å²) in [4.78, 5) is -0.837. The van der Waals surface area contributed by atoms with Crippen molar-refractivity contribution in [3.63, 3.8) is 0 Å². The van der Waals surface area contributed by atoms with E-state index in [-0.39, 0.29) is 10.6 Å². The van der Waals surface area contributed by atoms with Gasteiger partial charge in [0.25, 0.3) is 0 Å². The van der Waals surface area contributed by atoms with E-state index in [9.17, 15) is 13.2 Å². The first-order valence-electron chi connectivity index (χ1n) is 2.81. The second-order valence-corrected chi connectivity index (χ2v) is 3.08. The zero-order valence-electron chi connectivity index (χ0n) is 5.64. The maximum absolute atomic E-state index is 12.0. The fourth-order valence-electron chi connectivity index (χ4n) is 0.632. The highest BCUT2D eigenvalue weighted by atomic mass is 32.1. The second-order valence-electron chi connectivity index (χ2n) is 2.00. The largest absolute Gasteiger partial charge is 0.425 e. The van der Waals surface area contributed by atoms with Gasteiger partial charge in [-0.05, 0) is 6.07 Å². The van der Waals surface area contributed by atoms with Crippen LogP contribution < -0.4 is 5.73 Å². The molecule has 0 spiro atoms. The van der Waals surface area contributed by atoms with E-state index < -0.39 is 11.1 Å². The number of nitrogens with two attached hydrogens (primary N) is 1. The highest BCUT2D eigenvalue weighted by molar-refractivity contribution is 7.16. The van der Waals surface area contributed by atoms with Gasteiger partial charge in [-0.3, -0.25) is 0 Å². The van der Waals surface area contributed by atoms with Crippen LogP contribution in [0.5, 0.6) is 0 Å². The van der Waals surface area contributed by atoms with E-state index in [2.05, 4.69) is 0 Å². The molecule has 12 heavy (non-hydrogen) atoms. The SMILES string of the molecule is N#Cc1cc(C(F)(F)F)sc1N. The number of hydrogen-bond acceptors (Lipinski definition) is 3. The molecule has 0 radical (unpaired) electrons. The van der Waals surface area contributed by atoms with Crippen molar-refractivity contribution in [1.29, 1.82) is 5.26 Å². The molecule has 0 saturated carbocycles. The first-order chi connectivity index (χ1) is 5.45. The molecule has 0 bridgehead atoms. The molecule has 0 atom stereocenters. The molecule has 6 heteroatoms. The average molecular weight is 192 g/mol. The van der Waals surface area contributed by atoms with Crippen LogP contribution in [0.15, 0.2) is 6.07 Å². The summed E-state index contributed by atoms with van der Waals surface area (Å²) < 4.78 is 35.9. The summed E-state index contributed by atoms with van der Waals surface area (Å²) in [7, 11) is 0. The lowest BCUT2D eigenvalue weighted by molar-refractivity contribution is -0.134. The third-order valence-corrected chi connectivity index (χ3v) is 2.17. The minimum absolute atomic E-state index is 0.0928. The smallest absolute Gasteiger partial charge is 0.389 e. The summed E-state index contributed by atoms with van der Waals surface area (Å²) in [5.74, 6) is 0. The van der Waals surface area contributed by atoms with Gasteiger partial charge >= 0.3 is 6.18 Å². The van der Waals surface area contributed by atoms with Crippen LogP contribution in [0.25, 0.3) is 0 Å². The predicted molar refractivity (Wildman–Crippen MR) is 38.4 cm³/mol. The van der Waals surface area contributed by atoms with E-state index in [0.717, 1.165) is 6.07 Å². The molecule has 64 valence electrons. The number of hydrogen-bond donors (Lipinski definition) is 1. The van der Waals surface area contributed by atoms with Gasteiger partial charge in [-0.1, -0.05) is 0 Å². The van der Waals surface area contributed by atoms with Crippen molar-refractivity contribution in [2.75, 3.05) is 5.73 Å². The van der Waals surface area contributed by atoms with E-state index in [1.807, 2.05) is 0 Å². The Kier molecular flexibility index (Phi) is 1.98. The molecule has 0 aliphatic carbocycles. The van der Waals surface area contributed by atoms with Crippen LogP contribution in [0.1, 0.15) is 10.4 Å². The van der Waals surface area contributed by atoms with Gasteiger partial charge in [0.1, 0.15) is 15.9 Å². The summed E-state index contributed by atoms with van der Waals surface area (Å²) in [6.45, 7) is 0. The maximum Gasteiger partial charge on any atom is 0.425 e. The molecule has 1 rings (SSSR count). The highest BCUT2D eigenvalue weighted by Gasteiger charge is 2.33. The van der Waals surface area contributed by atoms with Crippen molar-refractivity contribution < 1.29 is 13.2 Å². The summed E-state index contributed by atoms with van der Waals surface area (Å²) in [6.07, 6.45) is -4.41. The summed E-state index contributed by atoms with van der Waals surface area (Å²) in [5.41, 5.74) is 5.03. The van der Waals surface area contributed by atoms with Gasteiger partial charge in [0, 0.05) is 0 Å². The lowest BCUT2D eigenvalue weighted by atomic mass is 10.3. The van der Waals surface area contributed by atoms with Crippen molar-refractivity contribution in [2.24, 2.45) is 0 Å². The van der Waals surface area contributed by atoms with E-state index in [1.54, 1.807) is 6.07 Å². The van der Waals surface area contributed by atoms with Crippen molar-refractivity contribution in [3.05, 3.63) is 16.5 Å². The lowest BCUT2D eigenvalue weighted by Crippen LogP contribution is -2.00. The van der Waals surface area contributed by atoms with Gasteiger partial charge in [0.2, 0.25) is 0 Å². The summed E-state index contributed by atoms with van der Waals surface area (Å²) in [6, 6.07) is 2.32. The number of nitriles is 1. The minimum atomic E-state index is -4.41. The molecule has 0 aromatic carbocycles. The van der Waals surface area contributed by atoms with Crippen LogP contribution in [-0.4, -0.2) is 0 Å². The number of nitrogens with zero attached hydrogens (tertiary/aromatic N) is 1. The molecule has 0 aliphatic heterocycles. The van der Waals surface area contributed by atoms with Gasteiger partial charge < -0.3 is 5.73 Å². The Labute approximate surface area is 70.0 Å². The number of rotatable bonds is 0. The topological polar surface area (TPSA) is 49.8 Å². The number of thiophene rings is 1. The van der Waals surface area contributed by atoms with Gasteiger partial charge in [0.05, 0.1) is 5.56 Å². The Morgan fingerprint density at radius 3 is 2.33 bits per heavy atom. The molecule has 0 aliphatic rings.